The van der Waals surface area contributed by atoms with E-state index in [-0.39, 0.29) is 18.1 Å². The summed E-state index contributed by atoms with van der Waals surface area (Å²) in [5, 5.41) is 6.13. The van der Waals surface area contributed by atoms with Crippen molar-refractivity contribution in [2.45, 2.75) is 39.8 Å². The molecule has 1 aromatic carbocycles. The molecular weight excluding hydrogens is 264 g/mol. The Balaban J connectivity index is 2.68. The van der Waals surface area contributed by atoms with Crippen LogP contribution in [0.2, 0.25) is 0 Å². The molecule has 0 spiro atoms. The van der Waals surface area contributed by atoms with E-state index in [1.807, 2.05) is 19.1 Å². The maximum atomic E-state index is 11.6. The summed E-state index contributed by atoms with van der Waals surface area (Å²) >= 11 is 0. The van der Waals surface area contributed by atoms with Crippen LogP contribution in [0.4, 0.5) is 0 Å². The predicted octanol–water partition coefficient (Wildman–Crippen LogP) is 2.56. The largest absolute Gasteiger partial charge is 0.483 e. The summed E-state index contributed by atoms with van der Waals surface area (Å²) in [4.78, 5) is 11.6. The van der Waals surface area contributed by atoms with Crippen molar-refractivity contribution >= 4 is 5.91 Å². The zero-order valence-corrected chi connectivity index (χ0v) is 13.5. The van der Waals surface area contributed by atoms with Gasteiger partial charge in [-0.1, -0.05) is 23.8 Å². The monoisotopic (exact) mass is 290 g/mol. The van der Waals surface area contributed by atoms with Gasteiger partial charge in [0.05, 0.1) is 0 Å². The summed E-state index contributed by atoms with van der Waals surface area (Å²) < 4.78 is 5.63. The van der Waals surface area contributed by atoms with Gasteiger partial charge >= 0.3 is 0 Å². The molecule has 0 aromatic heterocycles. The van der Waals surface area contributed by atoms with E-state index in [9.17, 15) is 4.79 Å². The molecule has 116 valence electrons. The van der Waals surface area contributed by atoms with E-state index < -0.39 is 0 Å². The third kappa shape index (κ3) is 6.95. The Bertz CT molecular complexity index is 490. The number of amides is 1. The lowest BCUT2D eigenvalue weighted by molar-refractivity contribution is -0.122. The summed E-state index contributed by atoms with van der Waals surface area (Å²) in [6, 6.07) is 5.98. The fraction of sp³-hybridized carbons (Fsp3) is 0.471. The van der Waals surface area contributed by atoms with Crippen molar-refractivity contribution in [3.8, 4) is 5.75 Å². The lowest BCUT2D eigenvalue weighted by Crippen LogP contribution is -2.35. The first kappa shape index (κ1) is 17.2. The van der Waals surface area contributed by atoms with Crippen LogP contribution in [0.15, 0.2) is 30.9 Å². The van der Waals surface area contributed by atoms with Crippen molar-refractivity contribution in [3.63, 3.8) is 0 Å². The molecule has 1 rings (SSSR count). The van der Waals surface area contributed by atoms with Crippen molar-refractivity contribution < 1.29 is 9.53 Å². The molecule has 2 N–H and O–H groups in total. The van der Waals surface area contributed by atoms with Crippen LogP contribution in [0.5, 0.6) is 5.75 Å². The van der Waals surface area contributed by atoms with Crippen molar-refractivity contribution in [3.05, 3.63) is 42.0 Å². The minimum atomic E-state index is -0.148. The second-order valence-corrected chi connectivity index (χ2v) is 6.10. The molecule has 4 heteroatoms. The van der Waals surface area contributed by atoms with E-state index in [4.69, 9.17) is 4.74 Å². The molecule has 0 saturated heterocycles. The third-order valence-corrected chi connectivity index (χ3v) is 2.83. The van der Waals surface area contributed by atoms with Crippen LogP contribution < -0.4 is 15.4 Å². The molecule has 0 fully saturated rings. The average Bonchev–Trinajstić information content (AvgIpc) is 2.41. The predicted molar refractivity (Wildman–Crippen MR) is 86.5 cm³/mol. The van der Waals surface area contributed by atoms with Crippen LogP contribution in [-0.2, 0) is 11.3 Å². The number of benzene rings is 1. The number of carbonyl (C=O) groups is 1. The summed E-state index contributed by atoms with van der Waals surface area (Å²) in [7, 11) is 0. The topological polar surface area (TPSA) is 50.4 Å². The number of hydrogen-bond donors (Lipinski definition) is 2. The first-order valence-corrected chi connectivity index (χ1v) is 7.17. The summed E-state index contributed by atoms with van der Waals surface area (Å²) in [5.74, 6) is 0.594. The molecule has 0 saturated carbocycles. The number of nitrogens with one attached hydrogen (secondary N) is 2. The SMILES string of the molecule is C=CCNC(=O)COc1ccc(C)cc1CNC(C)(C)C. The number of rotatable bonds is 7. The summed E-state index contributed by atoms with van der Waals surface area (Å²) in [5.41, 5.74) is 2.26. The standard InChI is InChI=1S/C17H26N2O2/c1-6-9-18-16(20)12-21-15-8-7-13(2)10-14(15)11-19-17(3,4)5/h6-8,10,19H,1,9,11-12H2,2-5H3,(H,18,20). The highest BCUT2D eigenvalue weighted by Crippen LogP contribution is 2.20. The Morgan fingerprint density at radius 3 is 2.71 bits per heavy atom. The van der Waals surface area contributed by atoms with Gasteiger partial charge in [0.1, 0.15) is 5.75 Å². The van der Waals surface area contributed by atoms with Gasteiger partial charge in [-0.25, -0.2) is 0 Å². The Hall–Kier alpha value is -1.81. The zero-order chi connectivity index (χ0) is 15.9. The molecule has 0 aliphatic heterocycles. The second-order valence-electron chi connectivity index (χ2n) is 6.10. The van der Waals surface area contributed by atoms with E-state index in [2.05, 4.69) is 44.1 Å². The Labute approximate surface area is 127 Å². The maximum Gasteiger partial charge on any atom is 0.258 e. The first-order valence-electron chi connectivity index (χ1n) is 7.17. The van der Waals surface area contributed by atoms with E-state index in [1.54, 1.807) is 6.08 Å². The normalized spacial score (nSPS) is 11.0. The number of ether oxygens (including phenoxy) is 1. The smallest absolute Gasteiger partial charge is 0.258 e. The Morgan fingerprint density at radius 1 is 1.38 bits per heavy atom. The molecule has 1 aromatic rings. The van der Waals surface area contributed by atoms with E-state index in [0.717, 1.165) is 11.3 Å². The van der Waals surface area contributed by atoms with Crippen LogP contribution in [-0.4, -0.2) is 24.6 Å². The molecule has 0 aliphatic carbocycles. The van der Waals surface area contributed by atoms with Gasteiger partial charge in [-0.15, -0.1) is 6.58 Å². The highest BCUT2D eigenvalue weighted by Gasteiger charge is 2.12. The fourth-order valence-corrected chi connectivity index (χ4v) is 1.73. The number of hydrogen-bond acceptors (Lipinski definition) is 3. The van der Waals surface area contributed by atoms with E-state index in [0.29, 0.717) is 13.1 Å². The molecule has 0 radical (unpaired) electrons. The molecule has 0 bridgehead atoms. The van der Waals surface area contributed by atoms with Crippen LogP contribution >= 0.6 is 0 Å². The molecule has 0 unspecified atom stereocenters. The van der Waals surface area contributed by atoms with Crippen LogP contribution in [0.3, 0.4) is 0 Å². The molecule has 0 heterocycles. The first-order chi connectivity index (χ1) is 9.81. The number of carbonyl (C=O) groups excluding carboxylic acids is 1. The molecule has 0 atom stereocenters. The minimum absolute atomic E-state index is 0.0133. The van der Waals surface area contributed by atoms with Crippen LogP contribution in [0, 0.1) is 6.92 Å². The van der Waals surface area contributed by atoms with Gasteiger partial charge in [0.25, 0.3) is 5.91 Å². The van der Waals surface area contributed by atoms with Crippen molar-refractivity contribution in [2.75, 3.05) is 13.2 Å². The van der Waals surface area contributed by atoms with Gasteiger partial charge in [0.2, 0.25) is 0 Å². The molecule has 21 heavy (non-hydrogen) atoms. The lowest BCUT2D eigenvalue weighted by atomic mass is 10.1. The van der Waals surface area contributed by atoms with E-state index in [1.165, 1.54) is 5.56 Å². The second kappa shape index (κ2) is 7.84. The molecular formula is C17H26N2O2. The third-order valence-electron chi connectivity index (χ3n) is 2.83. The Morgan fingerprint density at radius 2 is 2.10 bits per heavy atom. The van der Waals surface area contributed by atoms with Crippen molar-refractivity contribution in [1.82, 2.24) is 10.6 Å². The van der Waals surface area contributed by atoms with Crippen molar-refractivity contribution in [2.24, 2.45) is 0 Å². The fourth-order valence-electron chi connectivity index (χ4n) is 1.73. The molecule has 1 amide bonds. The summed E-state index contributed by atoms with van der Waals surface area (Å²) in [6.45, 7) is 13.1. The zero-order valence-electron chi connectivity index (χ0n) is 13.5. The average molecular weight is 290 g/mol. The lowest BCUT2D eigenvalue weighted by Gasteiger charge is -2.22. The van der Waals surface area contributed by atoms with Gasteiger partial charge in [-0.05, 0) is 33.8 Å². The van der Waals surface area contributed by atoms with Gasteiger partial charge < -0.3 is 15.4 Å². The minimum Gasteiger partial charge on any atom is -0.483 e. The quantitative estimate of drug-likeness (QED) is 0.759. The molecule has 0 aliphatic rings. The number of aryl methyl sites for hydroxylation is 1. The van der Waals surface area contributed by atoms with E-state index >= 15 is 0 Å². The van der Waals surface area contributed by atoms with Crippen LogP contribution in [0.1, 0.15) is 31.9 Å². The molecule has 4 nitrogen and oxygen atoms in total. The highest BCUT2D eigenvalue weighted by atomic mass is 16.5. The maximum absolute atomic E-state index is 11.6. The highest BCUT2D eigenvalue weighted by molar-refractivity contribution is 5.77. The Kier molecular flexibility index (Phi) is 6.43. The van der Waals surface area contributed by atoms with Gasteiger partial charge in [0.15, 0.2) is 6.61 Å². The van der Waals surface area contributed by atoms with Gasteiger partial charge in [0, 0.05) is 24.2 Å². The van der Waals surface area contributed by atoms with Crippen LogP contribution in [0.25, 0.3) is 0 Å². The van der Waals surface area contributed by atoms with Crippen molar-refractivity contribution in [1.29, 1.82) is 0 Å². The summed E-state index contributed by atoms with van der Waals surface area (Å²) in [6.07, 6.45) is 1.64. The van der Waals surface area contributed by atoms with Gasteiger partial charge in [-0.2, -0.15) is 0 Å². The van der Waals surface area contributed by atoms with Gasteiger partial charge in [-0.3, -0.25) is 4.79 Å².